The summed E-state index contributed by atoms with van der Waals surface area (Å²) in [6.45, 7) is 3.01. The first-order valence-corrected chi connectivity index (χ1v) is 12.7. The van der Waals surface area contributed by atoms with E-state index >= 15 is 0 Å². The van der Waals surface area contributed by atoms with Gasteiger partial charge in [-0.2, -0.15) is 0 Å². The van der Waals surface area contributed by atoms with Crippen molar-refractivity contribution in [1.82, 2.24) is 15.1 Å². The van der Waals surface area contributed by atoms with Crippen molar-refractivity contribution in [3.05, 3.63) is 64.9 Å². The molecular formula is C23H26ClFN4O4S. The SMILES string of the molecule is CC(C)N1CC2(S(=O)(=O)c3ccccc3F)NCC(N)C(=O)N2C(Cc2ccc(Cl)cc2)C1=O. The molecule has 2 fully saturated rings. The van der Waals surface area contributed by atoms with Crippen molar-refractivity contribution in [2.24, 2.45) is 5.73 Å². The molecule has 2 aliphatic rings. The van der Waals surface area contributed by atoms with Gasteiger partial charge < -0.3 is 10.6 Å². The molecular weight excluding hydrogens is 483 g/mol. The van der Waals surface area contributed by atoms with Gasteiger partial charge in [0.25, 0.3) is 0 Å². The summed E-state index contributed by atoms with van der Waals surface area (Å²) >= 11 is 5.98. The molecule has 182 valence electrons. The molecule has 2 aromatic rings. The maximum atomic E-state index is 14.8. The number of benzene rings is 2. The molecule has 4 rings (SSSR count). The molecule has 0 bridgehead atoms. The molecule has 11 heteroatoms. The van der Waals surface area contributed by atoms with E-state index in [9.17, 15) is 22.4 Å². The number of nitrogens with two attached hydrogens (primary N) is 1. The highest BCUT2D eigenvalue weighted by molar-refractivity contribution is 7.92. The maximum absolute atomic E-state index is 14.8. The number of halogens is 2. The fourth-order valence-corrected chi connectivity index (χ4v) is 6.69. The van der Waals surface area contributed by atoms with Gasteiger partial charge in [-0.3, -0.25) is 19.8 Å². The molecule has 2 amide bonds. The van der Waals surface area contributed by atoms with Gasteiger partial charge in [0.2, 0.25) is 26.6 Å². The Morgan fingerprint density at radius 1 is 1.15 bits per heavy atom. The molecule has 0 aliphatic carbocycles. The average molecular weight is 509 g/mol. The van der Waals surface area contributed by atoms with Gasteiger partial charge in [0, 0.05) is 24.0 Å². The summed E-state index contributed by atoms with van der Waals surface area (Å²) in [6.07, 6.45) is 0.0356. The topological polar surface area (TPSA) is 113 Å². The average Bonchev–Trinajstić information content (AvgIpc) is 2.79. The highest BCUT2D eigenvalue weighted by Crippen LogP contribution is 2.38. The lowest BCUT2D eigenvalue weighted by Gasteiger charge is -2.56. The Bertz CT molecular complexity index is 1220. The molecule has 2 heterocycles. The van der Waals surface area contributed by atoms with Crippen LogP contribution in [-0.2, 0) is 25.8 Å². The number of hydrogen-bond acceptors (Lipinski definition) is 6. The van der Waals surface area contributed by atoms with Gasteiger partial charge in [0.05, 0.1) is 12.6 Å². The second-order valence-corrected chi connectivity index (χ2v) is 11.4. The minimum Gasteiger partial charge on any atom is -0.334 e. The van der Waals surface area contributed by atoms with Crippen LogP contribution in [0, 0.1) is 5.82 Å². The Balaban J connectivity index is 1.92. The van der Waals surface area contributed by atoms with Crippen molar-refractivity contribution in [2.75, 3.05) is 13.1 Å². The first-order valence-electron chi connectivity index (χ1n) is 10.9. The van der Waals surface area contributed by atoms with Crippen molar-refractivity contribution in [2.45, 2.75) is 48.3 Å². The van der Waals surface area contributed by atoms with Crippen LogP contribution in [0.2, 0.25) is 5.02 Å². The smallest absolute Gasteiger partial charge is 0.246 e. The lowest BCUT2D eigenvalue weighted by atomic mass is 9.96. The van der Waals surface area contributed by atoms with Gasteiger partial charge >= 0.3 is 0 Å². The second-order valence-electron chi connectivity index (χ2n) is 8.82. The Morgan fingerprint density at radius 3 is 2.41 bits per heavy atom. The molecule has 0 aromatic heterocycles. The Labute approximate surface area is 202 Å². The quantitative estimate of drug-likeness (QED) is 0.633. The van der Waals surface area contributed by atoms with Crippen LogP contribution in [0.5, 0.6) is 0 Å². The fourth-order valence-electron chi connectivity index (χ4n) is 4.56. The van der Waals surface area contributed by atoms with E-state index in [2.05, 4.69) is 5.32 Å². The van der Waals surface area contributed by atoms with Gasteiger partial charge in [-0.1, -0.05) is 35.9 Å². The van der Waals surface area contributed by atoms with Gasteiger partial charge in [0.1, 0.15) is 16.8 Å². The third kappa shape index (κ3) is 3.88. The zero-order chi connectivity index (χ0) is 24.8. The Morgan fingerprint density at radius 2 is 1.79 bits per heavy atom. The minimum atomic E-state index is -4.54. The number of sulfone groups is 1. The van der Waals surface area contributed by atoms with Crippen molar-refractivity contribution in [3.63, 3.8) is 0 Å². The maximum Gasteiger partial charge on any atom is 0.246 e. The lowest BCUT2D eigenvalue weighted by molar-refractivity contribution is -0.166. The zero-order valence-corrected chi connectivity index (χ0v) is 20.3. The highest BCUT2D eigenvalue weighted by Gasteiger charge is 2.63. The number of carbonyl (C=O) groups excluding carboxylic acids is 2. The lowest BCUT2D eigenvalue weighted by Crippen LogP contribution is -2.83. The van der Waals surface area contributed by atoms with E-state index in [1.807, 2.05) is 0 Å². The summed E-state index contributed by atoms with van der Waals surface area (Å²) in [6, 6.07) is 9.10. The molecule has 2 aromatic carbocycles. The largest absolute Gasteiger partial charge is 0.334 e. The Hall–Kier alpha value is -2.53. The van der Waals surface area contributed by atoms with Crippen LogP contribution in [0.15, 0.2) is 53.4 Å². The molecule has 0 radical (unpaired) electrons. The number of carbonyl (C=O) groups is 2. The summed E-state index contributed by atoms with van der Waals surface area (Å²) in [4.78, 5) is 26.8. The summed E-state index contributed by atoms with van der Waals surface area (Å²) in [5.41, 5.74) is 6.68. The van der Waals surface area contributed by atoms with E-state index in [4.69, 9.17) is 17.3 Å². The van der Waals surface area contributed by atoms with Crippen molar-refractivity contribution >= 4 is 33.3 Å². The van der Waals surface area contributed by atoms with Crippen LogP contribution in [0.25, 0.3) is 0 Å². The van der Waals surface area contributed by atoms with E-state index in [1.54, 1.807) is 38.1 Å². The molecule has 2 saturated heterocycles. The van der Waals surface area contributed by atoms with Crippen LogP contribution in [0.3, 0.4) is 0 Å². The molecule has 0 saturated carbocycles. The van der Waals surface area contributed by atoms with E-state index in [0.29, 0.717) is 10.6 Å². The van der Waals surface area contributed by atoms with Crippen LogP contribution in [0.1, 0.15) is 19.4 Å². The zero-order valence-electron chi connectivity index (χ0n) is 18.7. The van der Waals surface area contributed by atoms with Gasteiger partial charge in [-0.25, -0.2) is 12.8 Å². The fraction of sp³-hybridized carbons (Fsp3) is 0.391. The third-order valence-electron chi connectivity index (χ3n) is 6.34. The normalized spacial score (nSPS) is 25.6. The second kappa shape index (κ2) is 8.92. The molecule has 2 aliphatic heterocycles. The van der Waals surface area contributed by atoms with Crippen LogP contribution >= 0.6 is 11.6 Å². The number of hydrogen-bond donors (Lipinski definition) is 2. The van der Waals surface area contributed by atoms with E-state index in [1.165, 1.54) is 17.0 Å². The summed E-state index contributed by atoms with van der Waals surface area (Å²) < 4.78 is 42.8. The van der Waals surface area contributed by atoms with Gasteiger partial charge in [-0.15, -0.1) is 0 Å². The molecule has 0 spiro atoms. The van der Waals surface area contributed by atoms with E-state index in [0.717, 1.165) is 17.0 Å². The minimum absolute atomic E-state index is 0.0356. The molecule has 34 heavy (non-hydrogen) atoms. The summed E-state index contributed by atoms with van der Waals surface area (Å²) in [7, 11) is -4.54. The molecule has 3 N–H and O–H groups in total. The molecule has 3 unspecified atom stereocenters. The number of amides is 2. The molecule has 8 nitrogen and oxygen atoms in total. The van der Waals surface area contributed by atoms with Gasteiger partial charge in [0.15, 0.2) is 0 Å². The number of fused-ring (bicyclic) bond motifs is 1. The summed E-state index contributed by atoms with van der Waals surface area (Å²) in [5.74, 6) is -2.04. The predicted molar refractivity (Wildman–Crippen MR) is 125 cm³/mol. The first-order chi connectivity index (χ1) is 16.0. The third-order valence-corrected chi connectivity index (χ3v) is 8.86. The standard InChI is InChI=1S/C23H26ClFN4O4S/c1-14(2)28-13-23(34(32,33)20-6-4-3-5-17(20)25)27-12-18(26)21(30)29(23)19(22(28)31)11-15-7-9-16(24)10-8-15/h3-10,14,18-19,27H,11-13,26H2,1-2H3. The molecule has 3 atom stereocenters. The predicted octanol–water partition coefficient (Wildman–Crippen LogP) is 1.53. The number of piperazine rings is 1. The summed E-state index contributed by atoms with van der Waals surface area (Å²) in [5, 5.41) is 3.42. The number of rotatable bonds is 5. The highest BCUT2D eigenvalue weighted by atomic mass is 35.5. The van der Waals surface area contributed by atoms with Crippen LogP contribution < -0.4 is 11.1 Å². The van der Waals surface area contributed by atoms with Crippen molar-refractivity contribution < 1.29 is 22.4 Å². The Kier molecular flexibility index (Phi) is 6.45. The number of nitrogens with one attached hydrogen (secondary N) is 1. The van der Waals surface area contributed by atoms with Crippen LogP contribution in [-0.4, -0.2) is 66.2 Å². The van der Waals surface area contributed by atoms with Crippen LogP contribution in [0.4, 0.5) is 4.39 Å². The van der Waals surface area contributed by atoms with Crippen molar-refractivity contribution in [1.29, 1.82) is 0 Å². The van der Waals surface area contributed by atoms with E-state index < -0.39 is 49.4 Å². The number of nitrogens with zero attached hydrogens (tertiary/aromatic N) is 2. The van der Waals surface area contributed by atoms with E-state index in [-0.39, 0.29) is 25.6 Å². The van der Waals surface area contributed by atoms with Crippen molar-refractivity contribution in [3.8, 4) is 0 Å². The monoisotopic (exact) mass is 508 g/mol. The first kappa shape index (κ1) is 24.6. The van der Waals surface area contributed by atoms with Gasteiger partial charge in [-0.05, 0) is 43.7 Å².